The molecule has 0 atom stereocenters. The van der Waals surface area contributed by atoms with Gasteiger partial charge < -0.3 is 5.11 Å². The first kappa shape index (κ1) is 13.8. The van der Waals surface area contributed by atoms with Gasteiger partial charge in [0.1, 0.15) is 5.71 Å². The summed E-state index contributed by atoms with van der Waals surface area (Å²) in [5.41, 5.74) is 7.86. The van der Waals surface area contributed by atoms with Crippen molar-refractivity contribution in [2.24, 2.45) is 10.2 Å². The average Bonchev–Trinajstić information content (AvgIpc) is 2.52. The first-order chi connectivity index (χ1) is 9.88. The van der Waals surface area contributed by atoms with Crippen LogP contribution in [0.4, 0.5) is 11.4 Å². The fraction of sp³-hybridized carbons (Fsp3) is 0.0667. The van der Waals surface area contributed by atoms with E-state index >= 15 is 0 Å². The summed E-state index contributed by atoms with van der Waals surface area (Å²) in [6.07, 6.45) is 1.48. The number of benzene rings is 2. The van der Waals surface area contributed by atoms with Gasteiger partial charge in [0.2, 0.25) is 0 Å². The van der Waals surface area contributed by atoms with Gasteiger partial charge in [-0.05, 0) is 24.3 Å². The topological polar surface area (TPSA) is 69.0 Å². The first-order valence-electron chi connectivity index (χ1n) is 6.21. The Morgan fingerprint density at radius 1 is 0.900 bits per heavy atom. The van der Waals surface area contributed by atoms with Crippen LogP contribution in [-0.4, -0.2) is 23.6 Å². The van der Waals surface area contributed by atoms with E-state index < -0.39 is 0 Å². The van der Waals surface area contributed by atoms with Crippen LogP contribution in [0.1, 0.15) is 0 Å². The minimum atomic E-state index is -0.195. The highest BCUT2D eigenvalue weighted by molar-refractivity contribution is 6.31. The van der Waals surface area contributed by atoms with Crippen LogP contribution < -0.4 is 10.9 Å². The lowest BCUT2D eigenvalue weighted by Gasteiger charge is -2.02. The summed E-state index contributed by atoms with van der Waals surface area (Å²) in [7, 11) is 0. The van der Waals surface area contributed by atoms with Gasteiger partial charge in [-0.1, -0.05) is 36.4 Å². The van der Waals surface area contributed by atoms with Gasteiger partial charge in [-0.15, -0.1) is 0 Å². The zero-order chi connectivity index (χ0) is 14.0. The second-order valence-electron chi connectivity index (χ2n) is 3.98. The van der Waals surface area contributed by atoms with Crippen LogP contribution in [0.3, 0.4) is 0 Å². The first-order valence-corrected chi connectivity index (χ1v) is 6.21. The Kier molecular flexibility index (Phi) is 5.30. The maximum Gasteiger partial charge on any atom is 0.106 e. The molecule has 0 bridgehead atoms. The number of para-hydroxylation sites is 2. The molecule has 0 unspecified atom stereocenters. The van der Waals surface area contributed by atoms with Crippen molar-refractivity contribution in [1.82, 2.24) is 0 Å². The lowest BCUT2D eigenvalue weighted by Crippen LogP contribution is -2.10. The molecule has 3 N–H and O–H groups in total. The Hall–Kier alpha value is -2.66. The predicted octanol–water partition coefficient (Wildman–Crippen LogP) is 2.54. The summed E-state index contributed by atoms with van der Waals surface area (Å²) in [5, 5.41) is 17.3. The monoisotopic (exact) mass is 268 g/mol. The fourth-order valence-corrected chi connectivity index (χ4v) is 1.45. The van der Waals surface area contributed by atoms with E-state index in [2.05, 4.69) is 21.1 Å². The molecular formula is C15H16N4O. The van der Waals surface area contributed by atoms with E-state index in [0.29, 0.717) is 5.71 Å². The zero-order valence-electron chi connectivity index (χ0n) is 10.9. The third-order valence-electron chi connectivity index (χ3n) is 2.45. The van der Waals surface area contributed by atoms with Crippen molar-refractivity contribution >= 4 is 23.3 Å². The summed E-state index contributed by atoms with van der Waals surface area (Å²) in [6, 6.07) is 19.1. The number of hydrazone groups is 2. The number of nitrogens with zero attached hydrogens (tertiary/aromatic N) is 2. The Morgan fingerprint density at radius 3 is 2.00 bits per heavy atom. The van der Waals surface area contributed by atoms with Crippen molar-refractivity contribution in [2.75, 3.05) is 17.5 Å². The summed E-state index contributed by atoms with van der Waals surface area (Å²) in [4.78, 5) is 0. The van der Waals surface area contributed by atoms with Gasteiger partial charge in [0.05, 0.1) is 24.2 Å². The van der Waals surface area contributed by atoms with E-state index in [1.54, 1.807) is 0 Å². The molecule has 102 valence electrons. The van der Waals surface area contributed by atoms with E-state index in [9.17, 15) is 5.11 Å². The average molecular weight is 268 g/mol. The van der Waals surface area contributed by atoms with Gasteiger partial charge in [0.15, 0.2) is 0 Å². The number of aliphatic hydroxyl groups is 1. The lowest BCUT2D eigenvalue weighted by molar-refractivity contribution is 0.359. The normalized spacial score (nSPS) is 11.6. The van der Waals surface area contributed by atoms with Crippen LogP contribution in [0.15, 0.2) is 70.9 Å². The molecule has 5 nitrogen and oxygen atoms in total. The largest absolute Gasteiger partial charge is 0.390 e. The molecule has 0 saturated carbocycles. The highest BCUT2D eigenvalue weighted by Crippen LogP contribution is 2.05. The Labute approximate surface area is 117 Å². The molecule has 0 radical (unpaired) electrons. The van der Waals surface area contributed by atoms with E-state index in [-0.39, 0.29) is 6.61 Å². The van der Waals surface area contributed by atoms with Crippen molar-refractivity contribution < 1.29 is 5.11 Å². The van der Waals surface area contributed by atoms with Crippen LogP contribution in [0.25, 0.3) is 0 Å². The van der Waals surface area contributed by atoms with Gasteiger partial charge >= 0.3 is 0 Å². The van der Waals surface area contributed by atoms with Crippen LogP contribution in [0, 0.1) is 0 Å². The highest BCUT2D eigenvalue weighted by Gasteiger charge is 1.93. The Morgan fingerprint density at radius 2 is 1.45 bits per heavy atom. The zero-order valence-corrected chi connectivity index (χ0v) is 10.9. The maximum atomic E-state index is 9.21. The molecule has 0 amide bonds. The van der Waals surface area contributed by atoms with Gasteiger partial charge in [-0.25, -0.2) is 0 Å². The second kappa shape index (κ2) is 7.70. The summed E-state index contributed by atoms with van der Waals surface area (Å²) >= 11 is 0. The third kappa shape index (κ3) is 4.55. The third-order valence-corrected chi connectivity index (χ3v) is 2.45. The van der Waals surface area contributed by atoms with Crippen LogP contribution in [0.5, 0.6) is 0 Å². The van der Waals surface area contributed by atoms with Gasteiger partial charge in [-0.3, -0.25) is 10.9 Å². The quantitative estimate of drug-likeness (QED) is 0.557. The van der Waals surface area contributed by atoms with Gasteiger partial charge in [0, 0.05) is 0 Å². The summed E-state index contributed by atoms with van der Waals surface area (Å²) in [6.45, 7) is -0.195. The van der Waals surface area contributed by atoms with Crippen molar-refractivity contribution in [1.29, 1.82) is 0 Å². The molecule has 2 aromatic rings. The SMILES string of the molecule is OCC(/C=N/Nc1ccccc1)=N\Nc1ccccc1. The molecule has 0 heterocycles. The standard InChI is InChI=1S/C15H16N4O/c20-12-15(19-18-14-9-5-2-6-10-14)11-16-17-13-7-3-1-4-8-13/h1-11,17-18,20H,12H2/b16-11+,19-15-. The van der Waals surface area contributed by atoms with E-state index in [4.69, 9.17) is 0 Å². The molecule has 2 rings (SSSR count). The number of hydrogen-bond donors (Lipinski definition) is 3. The molecule has 0 aliphatic carbocycles. The van der Waals surface area contributed by atoms with E-state index in [1.165, 1.54) is 6.21 Å². The molecule has 0 aromatic heterocycles. The molecule has 0 aliphatic rings. The molecule has 5 heteroatoms. The van der Waals surface area contributed by atoms with Crippen molar-refractivity contribution in [3.05, 3.63) is 60.7 Å². The van der Waals surface area contributed by atoms with Crippen LogP contribution >= 0.6 is 0 Å². The number of hydrogen-bond acceptors (Lipinski definition) is 5. The van der Waals surface area contributed by atoms with Crippen LogP contribution in [0.2, 0.25) is 0 Å². The molecule has 0 fully saturated rings. The minimum absolute atomic E-state index is 0.195. The van der Waals surface area contributed by atoms with E-state index in [1.807, 2.05) is 60.7 Å². The second-order valence-corrected chi connectivity index (χ2v) is 3.98. The minimum Gasteiger partial charge on any atom is -0.390 e. The number of rotatable bonds is 6. The fourth-order valence-electron chi connectivity index (χ4n) is 1.45. The summed E-state index contributed by atoms with van der Waals surface area (Å²) in [5.74, 6) is 0. The molecule has 0 spiro atoms. The van der Waals surface area contributed by atoms with E-state index in [0.717, 1.165) is 11.4 Å². The maximum absolute atomic E-state index is 9.21. The van der Waals surface area contributed by atoms with Crippen molar-refractivity contribution in [3.63, 3.8) is 0 Å². The predicted molar refractivity (Wildman–Crippen MR) is 83.1 cm³/mol. The number of aliphatic hydroxyl groups excluding tert-OH is 1. The Balaban J connectivity index is 1.91. The molecule has 20 heavy (non-hydrogen) atoms. The molecular weight excluding hydrogens is 252 g/mol. The van der Waals surface area contributed by atoms with Gasteiger partial charge in [-0.2, -0.15) is 10.2 Å². The molecule has 2 aromatic carbocycles. The smallest absolute Gasteiger partial charge is 0.106 e. The van der Waals surface area contributed by atoms with Crippen LogP contribution in [-0.2, 0) is 0 Å². The molecule has 0 aliphatic heterocycles. The summed E-state index contributed by atoms with van der Waals surface area (Å²) < 4.78 is 0. The number of nitrogens with one attached hydrogen (secondary N) is 2. The molecule has 0 saturated heterocycles. The highest BCUT2D eigenvalue weighted by atomic mass is 16.3. The Bertz CT molecular complexity index is 567. The van der Waals surface area contributed by atoms with Crippen molar-refractivity contribution in [2.45, 2.75) is 0 Å². The lowest BCUT2D eigenvalue weighted by atomic mass is 10.3. The van der Waals surface area contributed by atoms with Crippen molar-refractivity contribution in [3.8, 4) is 0 Å². The van der Waals surface area contributed by atoms with Gasteiger partial charge in [0.25, 0.3) is 0 Å². The number of anilines is 2.